The van der Waals surface area contributed by atoms with Crippen molar-refractivity contribution in [3.8, 4) is 0 Å². The fourth-order valence-corrected chi connectivity index (χ4v) is 8.18. The lowest BCUT2D eigenvalue weighted by molar-refractivity contribution is 0.424. The van der Waals surface area contributed by atoms with E-state index in [9.17, 15) is 13.0 Å². The zero-order valence-electron chi connectivity index (χ0n) is 21.4. The van der Waals surface area contributed by atoms with Crippen molar-refractivity contribution >= 4 is 10.1 Å². The van der Waals surface area contributed by atoms with Crippen LogP contribution in [0.25, 0.3) is 0 Å². The molecule has 0 atom stereocenters. The van der Waals surface area contributed by atoms with E-state index in [4.69, 9.17) is 0 Å². The minimum Gasteiger partial charge on any atom is -0.744 e. The predicted molar refractivity (Wildman–Crippen MR) is 140 cm³/mol. The summed E-state index contributed by atoms with van der Waals surface area (Å²) in [7, 11) is -4.52. The molecule has 1 aromatic carbocycles. The van der Waals surface area contributed by atoms with Crippen molar-refractivity contribution in [2.45, 2.75) is 157 Å². The molecule has 3 aliphatic rings. The van der Waals surface area contributed by atoms with Crippen LogP contribution in [0, 0.1) is 0 Å². The van der Waals surface area contributed by atoms with E-state index in [0.717, 1.165) is 62.5 Å². The molecule has 0 heterocycles. The molecule has 0 spiro atoms. The Labute approximate surface area is 209 Å². The number of rotatable bonds is 4. The van der Waals surface area contributed by atoms with E-state index in [1.807, 2.05) is 0 Å². The van der Waals surface area contributed by atoms with Crippen LogP contribution in [0.15, 0.2) is 17.0 Å². The zero-order chi connectivity index (χ0) is 23.8. The maximum Gasteiger partial charge on any atom is 0.124 e. The second-order valence-corrected chi connectivity index (χ2v) is 12.9. The molecule has 0 bridgehead atoms. The van der Waals surface area contributed by atoms with Gasteiger partial charge in [0.05, 0.1) is 4.90 Å². The summed E-state index contributed by atoms with van der Waals surface area (Å²) in [5.41, 5.74) is 3.17. The molecular weight excluding hydrogens is 440 g/mol. The average Bonchev–Trinajstić information content (AvgIpc) is 2.71. The summed E-state index contributed by atoms with van der Waals surface area (Å²) < 4.78 is 38.7. The predicted octanol–water partition coefficient (Wildman–Crippen LogP) is 9.07. The van der Waals surface area contributed by atoms with Crippen LogP contribution in [-0.2, 0) is 10.1 Å². The summed E-state index contributed by atoms with van der Waals surface area (Å²) in [6.45, 7) is 0. The van der Waals surface area contributed by atoms with Gasteiger partial charge in [-0.2, -0.15) is 0 Å². The van der Waals surface area contributed by atoms with Crippen molar-refractivity contribution in [2.75, 3.05) is 0 Å². The minimum absolute atomic E-state index is 0.207. The fraction of sp³-hybridized carbons (Fsp3) is 0.800. The van der Waals surface area contributed by atoms with Crippen LogP contribution in [0.2, 0.25) is 0 Å². The van der Waals surface area contributed by atoms with Crippen LogP contribution in [-0.4, -0.2) is 13.0 Å². The van der Waals surface area contributed by atoms with E-state index >= 15 is 0 Å². The second-order valence-electron chi connectivity index (χ2n) is 11.6. The van der Waals surface area contributed by atoms with Crippen LogP contribution in [0.3, 0.4) is 0 Å². The molecule has 3 aliphatic carbocycles. The van der Waals surface area contributed by atoms with Crippen molar-refractivity contribution in [1.82, 2.24) is 0 Å². The molecule has 0 aromatic heterocycles. The molecule has 34 heavy (non-hydrogen) atoms. The molecule has 3 fully saturated rings. The highest BCUT2D eigenvalue weighted by Gasteiger charge is 2.29. The van der Waals surface area contributed by atoms with Crippen LogP contribution in [0.4, 0.5) is 0 Å². The molecule has 0 saturated heterocycles. The highest BCUT2D eigenvalue weighted by Crippen LogP contribution is 2.44. The van der Waals surface area contributed by atoms with Gasteiger partial charge in [0, 0.05) is 0 Å². The zero-order valence-corrected chi connectivity index (χ0v) is 22.2. The van der Waals surface area contributed by atoms with E-state index in [0.29, 0.717) is 5.92 Å². The fourth-order valence-electron chi connectivity index (χ4n) is 7.15. The second kappa shape index (κ2) is 12.9. The lowest BCUT2D eigenvalue weighted by atomic mass is 9.77. The van der Waals surface area contributed by atoms with Gasteiger partial charge in [0.25, 0.3) is 0 Å². The van der Waals surface area contributed by atoms with Gasteiger partial charge in [-0.05, 0) is 73.0 Å². The molecule has 4 rings (SSSR count). The topological polar surface area (TPSA) is 57.2 Å². The quantitative estimate of drug-likeness (QED) is 0.398. The highest BCUT2D eigenvalue weighted by molar-refractivity contribution is 7.85. The molecule has 0 radical (unpaired) electrons. The van der Waals surface area contributed by atoms with Gasteiger partial charge in [0.2, 0.25) is 0 Å². The molecule has 0 amide bonds. The first-order valence-corrected chi connectivity index (χ1v) is 16.1. The van der Waals surface area contributed by atoms with E-state index in [1.54, 1.807) is 0 Å². The molecule has 192 valence electrons. The largest absolute Gasteiger partial charge is 0.744 e. The van der Waals surface area contributed by atoms with Crippen LogP contribution in [0.5, 0.6) is 0 Å². The number of hydrogen-bond donors (Lipinski definition) is 0. The van der Waals surface area contributed by atoms with Crippen molar-refractivity contribution in [1.29, 1.82) is 0 Å². The third-order valence-corrected chi connectivity index (χ3v) is 10.1. The van der Waals surface area contributed by atoms with Crippen molar-refractivity contribution < 1.29 is 13.0 Å². The van der Waals surface area contributed by atoms with E-state index < -0.39 is 10.1 Å². The minimum atomic E-state index is -4.52. The first-order chi connectivity index (χ1) is 16.5. The van der Waals surface area contributed by atoms with Gasteiger partial charge < -0.3 is 4.55 Å². The summed E-state index contributed by atoms with van der Waals surface area (Å²) in [4.78, 5) is 0.207. The molecule has 4 heteroatoms. The van der Waals surface area contributed by atoms with Gasteiger partial charge in [0.15, 0.2) is 0 Å². The SMILES string of the molecule is O=S(=O)([O-])c1c(C2CCCCCCC2)cc(C2CCCCCCC2)cc1C1CCCCCCC1. The molecular formula is C30H47O3S-. The first-order valence-electron chi connectivity index (χ1n) is 14.7. The number of benzene rings is 1. The Hall–Kier alpha value is -0.870. The standard InChI is InChI=1S/C30H48O3S/c31-34(32,33)30-28(25-18-12-6-2-7-13-19-25)22-27(24-16-10-4-1-5-11-17-24)23-29(30)26-20-14-8-3-9-15-21-26/h22-26H,1-21H2,(H,31,32,33)/p-1. The Balaban J connectivity index is 1.81. The Bertz CT molecular complexity index is 808. The third-order valence-electron chi connectivity index (χ3n) is 9.09. The van der Waals surface area contributed by atoms with E-state index in [-0.39, 0.29) is 16.7 Å². The van der Waals surface area contributed by atoms with Crippen LogP contribution >= 0.6 is 0 Å². The summed E-state index contributed by atoms with van der Waals surface area (Å²) in [5, 5.41) is 0. The van der Waals surface area contributed by atoms with Crippen molar-refractivity contribution in [2.24, 2.45) is 0 Å². The maximum atomic E-state index is 12.9. The van der Waals surface area contributed by atoms with Crippen LogP contribution in [0.1, 0.15) is 169 Å². The molecule has 0 unspecified atom stereocenters. The van der Waals surface area contributed by atoms with Gasteiger partial charge in [0.1, 0.15) is 10.1 Å². The van der Waals surface area contributed by atoms with Gasteiger partial charge in [-0.1, -0.05) is 108 Å². The molecule has 3 nitrogen and oxygen atoms in total. The molecule has 1 aromatic rings. The molecule has 3 saturated carbocycles. The van der Waals surface area contributed by atoms with Crippen LogP contribution < -0.4 is 0 Å². The smallest absolute Gasteiger partial charge is 0.124 e. The van der Waals surface area contributed by atoms with E-state index in [1.165, 1.54) is 89.0 Å². The molecule has 0 aliphatic heterocycles. The average molecular weight is 488 g/mol. The van der Waals surface area contributed by atoms with Gasteiger partial charge in [-0.15, -0.1) is 0 Å². The Morgan fingerprint density at radius 3 is 1.12 bits per heavy atom. The van der Waals surface area contributed by atoms with Gasteiger partial charge in [-0.3, -0.25) is 0 Å². The highest BCUT2D eigenvalue weighted by atomic mass is 32.2. The summed E-state index contributed by atoms with van der Waals surface area (Å²) in [6, 6.07) is 4.44. The summed E-state index contributed by atoms with van der Waals surface area (Å²) in [5.74, 6) is 0.961. The first kappa shape index (κ1) is 26.2. The van der Waals surface area contributed by atoms with Crippen molar-refractivity contribution in [3.05, 3.63) is 28.8 Å². The molecule has 0 N–H and O–H groups in total. The van der Waals surface area contributed by atoms with Gasteiger partial charge >= 0.3 is 0 Å². The lowest BCUT2D eigenvalue weighted by Gasteiger charge is -2.31. The number of hydrogen-bond acceptors (Lipinski definition) is 3. The van der Waals surface area contributed by atoms with Gasteiger partial charge in [-0.25, -0.2) is 8.42 Å². The normalized spacial score (nSPS) is 23.8. The Morgan fingerprint density at radius 1 is 0.500 bits per heavy atom. The maximum absolute atomic E-state index is 12.9. The Kier molecular flexibility index (Phi) is 9.94. The van der Waals surface area contributed by atoms with Crippen molar-refractivity contribution in [3.63, 3.8) is 0 Å². The van der Waals surface area contributed by atoms with E-state index in [2.05, 4.69) is 12.1 Å². The summed E-state index contributed by atoms with van der Waals surface area (Å²) >= 11 is 0. The third kappa shape index (κ3) is 7.09. The lowest BCUT2D eigenvalue weighted by Crippen LogP contribution is -2.17. The Morgan fingerprint density at radius 2 is 0.794 bits per heavy atom. The summed E-state index contributed by atoms with van der Waals surface area (Å²) in [6.07, 6.45) is 25.1. The monoisotopic (exact) mass is 487 g/mol.